The highest BCUT2D eigenvalue weighted by Gasteiger charge is 2.18. The molecule has 0 aliphatic carbocycles. The maximum absolute atomic E-state index is 11.9. The monoisotopic (exact) mass is 378 g/mol. The first-order valence-electron chi connectivity index (χ1n) is 10.3. The van der Waals surface area contributed by atoms with Crippen molar-refractivity contribution in [2.45, 2.75) is 109 Å². The van der Waals surface area contributed by atoms with Crippen molar-refractivity contribution >= 4 is 15.4 Å². The summed E-state index contributed by atoms with van der Waals surface area (Å²) < 4.78 is 22.4. The number of halogens is 1. The van der Waals surface area contributed by atoms with Gasteiger partial charge in [0.05, 0.1) is 13.3 Å². The highest BCUT2D eigenvalue weighted by atomic mass is 31.0. The normalized spacial score (nSPS) is 12.3. The van der Waals surface area contributed by atoms with Gasteiger partial charge in [-0.05, 0) is 19.3 Å². The number of carbonyl (C=O) groups excluding carboxylic acids is 1. The molecule has 0 spiro atoms. The number of rotatable bonds is 19. The minimum atomic E-state index is -0.431. The third-order valence-corrected chi connectivity index (χ3v) is 4.85. The van der Waals surface area contributed by atoms with Crippen LogP contribution in [0.5, 0.6) is 0 Å². The molecule has 0 N–H and O–H groups in total. The second-order valence-corrected chi connectivity index (χ2v) is 7.14. The lowest BCUT2D eigenvalue weighted by atomic mass is 10.1. The summed E-state index contributed by atoms with van der Waals surface area (Å²) in [6.45, 7) is 2.50. The van der Waals surface area contributed by atoms with Gasteiger partial charge in [-0.25, -0.2) is 4.79 Å². The summed E-state index contributed by atoms with van der Waals surface area (Å²) in [6.07, 6.45) is 16.0. The predicted octanol–water partition coefficient (Wildman–Crippen LogP) is 6.55. The van der Waals surface area contributed by atoms with Crippen LogP contribution in [0, 0.1) is 0 Å². The van der Waals surface area contributed by atoms with Crippen LogP contribution >= 0.6 is 9.47 Å². The topological polar surface area (TPSA) is 35.5 Å². The molecule has 0 aromatic carbocycles. The van der Waals surface area contributed by atoms with E-state index in [4.69, 9.17) is 9.26 Å². The molecule has 0 heterocycles. The van der Waals surface area contributed by atoms with Crippen molar-refractivity contribution in [3.63, 3.8) is 0 Å². The van der Waals surface area contributed by atoms with Crippen LogP contribution in [0.4, 0.5) is 4.39 Å². The maximum Gasteiger partial charge on any atom is 0.335 e. The van der Waals surface area contributed by atoms with E-state index >= 15 is 0 Å². The first kappa shape index (κ1) is 24.8. The third kappa shape index (κ3) is 17.0. The van der Waals surface area contributed by atoms with E-state index in [1.54, 1.807) is 0 Å². The molecular weight excluding hydrogens is 338 g/mol. The van der Waals surface area contributed by atoms with Gasteiger partial charge in [0.2, 0.25) is 0 Å². The van der Waals surface area contributed by atoms with Crippen LogP contribution in [0.1, 0.15) is 103 Å². The molecule has 150 valence electrons. The molecule has 0 aromatic rings. The van der Waals surface area contributed by atoms with E-state index in [2.05, 4.69) is 16.4 Å². The molecule has 0 saturated carbocycles. The molecule has 0 fully saturated rings. The van der Waals surface area contributed by atoms with Crippen molar-refractivity contribution in [3.8, 4) is 0 Å². The number of ether oxygens (including phenoxy) is 1. The quantitative estimate of drug-likeness (QED) is 0.145. The zero-order valence-corrected chi connectivity index (χ0v) is 17.4. The summed E-state index contributed by atoms with van der Waals surface area (Å²) in [5.41, 5.74) is 0. The van der Waals surface area contributed by atoms with E-state index in [9.17, 15) is 9.18 Å². The van der Waals surface area contributed by atoms with E-state index in [-0.39, 0.29) is 12.6 Å². The summed E-state index contributed by atoms with van der Waals surface area (Å²) >= 11 is 0. The second-order valence-electron chi connectivity index (χ2n) is 6.87. The minimum absolute atomic E-state index is 0.173. The molecule has 0 amide bonds. The molecule has 3 nitrogen and oxygen atoms in total. The Hall–Kier alpha value is -0.210. The molecule has 0 radical (unpaired) electrons. The summed E-state index contributed by atoms with van der Waals surface area (Å²) in [4.78, 5) is 11.9. The number of carbonyl (C=O) groups is 1. The predicted molar refractivity (Wildman–Crippen MR) is 106 cm³/mol. The first-order valence-corrected chi connectivity index (χ1v) is 10.8. The number of alkyl halides is 1. The lowest BCUT2D eigenvalue weighted by Crippen LogP contribution is -2.24. The van der Waals surface area contributed by atoms with Crippen LogP contribution in [0.25, 0.3) is 0 Å². The van der Waals surface area contributed by atoms with Gasteiger partial charge in [0.1, 0.15) is 0 Å². The summed E-state index contributed by atoms with van der Waals surface area (Å²) in [5, 5.41) is 0. The Morgan fingerprint density at radius 3 is 1.88 bits per heavy atom. The zero-order chi connectivity index (χ0) is 18.6. The van der Waals surface area contributed by atoms with Gasteiger partial charge in [0.25, 0.3) is 0 Å². The Morgan fingerprint density at radius 1 is 0.840 bits per heavy atom. The number of hydrogen-bond acceptors (Lipinski definition) is 3. The van der Waals surface area contributed by atoms with Gasteiger partial charge in [-0.3, -0.25) is 4.39 Å². The maximum atomic E-state index is 11.9. The Bertz CT molecular complexity index is 290. The van der Waals surface area contributed by atoms with Gasteiger partial charge < -0.3 is 9.26 Å². The van der Waals surface area contributed by atoms with Crippen molar-refractivity contribution in [2.75, 3.05) is 13.3 Å². The van der Waals surface area contributed by atoms with Crippen molar-refractivity contribution in [2.24, 2.45) is 0 Å². The van der Waals surface area contributed by atoms with Gasteiger partial charge in [0, 0.05) is 9.47 Å². The van der Waals surface area contributed by atoms with Crippen molar-refractivity contribution in [3.05, 3.63) is 0 Å². The van der Waals surface area contributed by atoms with Crippen LogP contribution in [0.15, 0.2) is 0 Å². The Kier molecular flexibility index (Phi) is 19.9. The molecule has 2 atom stereocenters. The van der Waals surface area contributed by atoms with E-state index in [1.807, 2.05) is 0 Å². The van der Waals surface area contributed by atoms with Crippen LogP contribution in [0.3, 0.4) is 0 Å². The summed E-state index contributed by atoms with van der Waals surface area (Å²) in [5.74, 6) is -0.222. The Labute approximate surface area is 157 Å². The summed E-state index contributed by atoms with van der Waals surface area (Å²) in [6, 6.07) is 0. The molecule has 0 saturated heterocycles. The fraction of sp³-hybridized carbons (Fsp3) is 0.950. The fourth-order valence-corrected chi connectivity index (χ4v) is 3.12. The number of unbranched alkanes of at least 4 members (excludes halogenated alkanes) is 12. The molecule has 5 heteroatoms. The second kappa shape index (κ2) is 20.1. The zero-order valence-electron chi connectivity index (χ0n) is 16.3. The van der Waals surface area contributed by atoms with Crippen LogP contribution in [-0.4, -0.2) is 25.4 Å². The smallest absolute Gasteiger partial charge is 0.335 e. The summed E-state index contributed by atoms with van der Waals surface area (Å²) in [7, 11) is 2.19. The first-order chi connectivity index (χ1) is 12.3. The van der Waals surface area contributed by atoms with Crippen molar-refractivity contribution in [1.29, 1.82) is 0 Å². The van der Waals surface area contributed by atoms with Gasteiger partial charge >= 0.3 is 5.97 Å². The van der Waals surface area contributed by atoms with E-state index in [0.717, 1.165) is 51.4 Å². The molecule has 0 aliphatic rings. The van der Waals surface area contributed by atoms with E-state index in [0.29, 0.717) is 6.61 Å². The van der Waals surface area contributed by atoms with Gasteiger partial charge in [-0.2, -0.15) is 0 Å². The Morgan fingerprint density at radius 2 is 1.36 bits per heavy atom. The van der Waals surface area contributed by atoms with Crippen LogP contribution < -0.4 is 0 Å². The fourth-order valence-electron chi connectivity index (χ4n) is 2.87. The highest BCUT2D eigenvalue weighted by Crippen LogP contribution is 2.13. The highest BCUT2D eigenvalue weighted by molar-refractivity contribution is 7.09. The van der Waals surface area contributed by atoms with Crippen LogP contribution in [-0.2, 0) is 14.1 Å². The minimum Gasteiger partial charge on any atom is -0.464 e. The third-order valence-electron chi connectivity index (χ3n) is 4.52. The van der Waals surface area contributed by atoms with Crippen molar-refractivity contribution in [1.82, 2.24) is 0 Å². The van der Waals surface area contributed by atoms with Gasteiger partial charge in [-0.1, -0.05) is 84.0 Å². The molecule has 25 heavy (non-hydrogen) atoms. The van der Waals surface area contributed by atoms with Gasteiger partial charge in [-0.15, -0.1) is 0 Å². The lowest BCUT2D eigenvalue weighted by Gasteiger charge is -2.14. The SMILES string of the molecule is CCCCCCC(OP)C(=O)OCCCCCCCCCCCCF. The van der Waals surface area contributed by atoms with Crippen LogP contribution in [0.2, 0.25) is 0 Å². The number of esters is 1. The molecular formula is C20H40FO3P. The largest absolute Gasteiger partial charge is 0.464 e. The average Bonchev–Trinajstić information content (AvgIpc) is 2.62. The molecule has 0 bridgehead atoms. The van der Waals surface area contributed by atoms with Gasteiger partial charge in [0.15, 0.2) is 6.10 Å². The van der Waals surface area contributed by atoms with Crippen molar-refractivity contribution < 1.29 is 18.4 Å². The molecule has 0 rings (SSSR count). The average molecular weight is 379 g/mol. The number of hydrogen-bond donors (Lipinski definition) is 0. The molecule has 0 aromatic heterocycles. The van der Waals surface area contributed by atoms with E-state index < -0.39 is 6.10 Å². The molecule has 2 unspecified atom stereocenters. The van der Waals surface area contributed by atoms with E-state index in [1.165, 1.54) is 44.9 Å². The molecule has 0 aliphatic heterocycles. The Balaban J connectivity index is 3.40. The standard InChI is InChI=1S/C20H40FO3P/c1-2-3-4-13-16-19(24-25)20(22)23-18-15-12-10-8-6-5-7-9-11-14-17-21/h19H,2-18,25H2,1H3. The lowest BCUT2D eigenvalue weighted by molar-refractivity contribution is -0.151.